The summed E-state index contributed by atoms with van der Waals surface area (Å²) in [6.07, 6.45) is -0.335. The average Bonchev–Trinajstić information content (AvgIpc) is 3.31. The van der Waals surface area contributed by atoms with Crippen molar-refractivity contribution in [2.75, 3.05) is 26.8 Å². The van der Waals surface area contributed by atoms with Crippen LogP contribution >= 0.6 is 0 Å². The molecule has 0 saturated heterocycles. The fraction of sp³-hybridized carbons (Fsp3) is 0.486. The summed E-state index contributed by atoms with van der Waals surface area (Å²) in [6, 6.07) is 16.2. The van der Waals surface area contributed by atoms with Gasteiger partial charge in [0.25, 0.3) is 5.91 Å². The Balaban J connectivity index is 0.000000838. The van der Waals surface area contributed by atoms with Crippen molar-refractivity contribution in [3.63, 3.8) is 0 Å². The Morgan fingerprint density at radius 2 is 1.63 bits per heavy atom. The highest BCUT2D eigenvalue weighted by atomic mass is 19.4. The molecule has 0 unspecified atom stereocenters. The number of benzene rings is 2. The molecule has 2 aliphatic rings. The van der Waals surface area contributed by atoms with E-state index in [1.54, 1.807) is 25.9 Å². The van der Waals surface area contributed by atoms with Crippen LogP contribution in [0.15, 0.2) is 60.2 Å². The van der Waals surface area contributed by atoms with Gasteiger partial charge in [-0.3, -0.25) is 14.4 Å². The van der Waals surface area contributed by atoms with Gasteiger partial charge in [0.05, 0.1) is 31.4 Å². The number of carbonyl (C=O) groups excluding carboxylic acids is 3. The number of hydrogen-bond acceptors (Lipinski definition) is 7. The zero-order valence-electron chi connectivity index (χ0n) is 28.2. The summed E-state index contributed by atoms with van der Waals surface area (Å²) in [5.41, 5.74) is 7.66. The van der Waals surface area contributed by atoms with Crippen molar-refractivity contribution in [1.82, 2.24) is 15.5 Å². The SMILES string of the molecule is CCN(CC1=C(c2ccc(OC)cc2)C(=O)NC12CCCCC2)C(=O)[C@@H](COCc1ccccc1)NC(=O)C(C)(C)N.O=C(O)C(F)(F)F. The van der Waals surface area contributed by atoms with Gasteiger partial charge in [-0.05, 0) is 62.4 Å². The molecule has 1 saturated carbocycles. The number of ether oxygens (including phenoxy) is 2. The number of methoxy groups -OCH3 is 1. The van der Waals surface area contributed by atoms with Gasteiger partial charge in [-0.2, -0.15) is 13.2 Å². The van der Waals surface area contributed by atoms with E-state index in [1.165, 1.54) is 0 Å². The summed E-state index contributed by atoms with van der Waals surface area (Å²) in [4.78, 5) is 51.1. The van der Waals surface area contributed by atoms with E-state index < -0.39 is 35.2 Å². The second-order valence-corrected chi connectivity index (χ2v) is 12.6. The molecule has 1 aliphatic carbocycles. The second kappa shape index (κ2) is 16.8. The number of halogens is 3. The van der Waals surface area contributed by atoms with Crippen LogP contribution in [0.5, 0.6) is 5.75 Å². The monoisotopic (exact) mass is 690 g/mol. The summed E-state index contributed by atoms with van der Waals surface area (Å²) >= 11 is 0. The van der Waals surface area contributed by atoms with Crippen LogP contribution in [0.2, 0.25) is 0 Å². The highest BCUT2D eigenvalue weighted by molar-refractivity contribution is 6.24. The third-order valence-electron chi connectivity index (χ3n) is 8.41. The third kappa shape index (κ3) is 10.5. The van der Waals surface area contributed by atoms with Gasteiger partial charge < -0.3 is 35.8 Å². The molecule has 1 fully saturated rings. The van der Waals surface area contributed by atoms with Crippen LogP contribution in [-0.4, -0.2) is 83.8 Å². The van der Waals surface area contributed by atoms with E-state index in [1.807, 2.05) is 61.5 Å². The van der Waals surface area contributed by atoms with Crippen molar-refractivity contribution in [2.45, 2.75) is 82.8 Å². The topological polar surface area (TPSA) is 160 Å². The first kappa shape index (κ1) is 39.0. The lowest BCUT2D eigenvalue weighted by atomic mass is 9.76. The third-order valence-corrected chi connectivity index (χ3v) is 8.41. The molecule has 1 aliphatic heterocycles. The lowest BCUT2D eigenvalue weighted by molar-refractivity contribution is -0.192. The van der Waals surface area contributed by atoms with Crippen LogP contribution in [0, 0.1) is 0 Å². The van der Waals surface area contributed by atoms with Gasteiger partial charge in [0.1, 0.15) is 11.8 Å². The minimum Gasteiger partial charge on any atom is -0.497 e. The minimum absolute atomic E-state index is 0.0151. The number of alkyl halides is 3. The molecule has 5 N–H and O–H groups in total. The molecule has 1 heterocycles. The summed E-state index contributed by atoms with van der Waals surface area (Å²) in [6.45, 7) is 6.03. The summed E-state index contributed by atoms with van der Waals surface area (Å²) < 4.78 is 43.0. The fourth-order valence-corrected chi connectivity index (χ4v) is 5.75. The van der Waals surface area contributed by atoms with E-state index in [0.717, 1.165) is 48.8 Å². The molecule has 49 heavy (non-hydrogen) atoms. The van der Waals surface area contributed by atoms with Crippen LogP contribution in [0.3, 0.4) is 0 Å². The molecular formula is C35H45F3N4O7. The van der Waals surface area contributed by atoms with E-state index in [0.29, 0.717) is 24.5 Å². The summed E-state index contributed by atoms with van der Waals surface area (Å²) in [5, 5.41) is 13.3. The number of amides is 3. The number of carboxylic acids is 1. The van der Waals surface area contributed by atoms with Crippen molar-refractivity contribution in [3.05, 3.63) is 71.3 Å². The van der Waals surface area contributed by atoms with Gasteiger partial charge in [0, 0.05) is 18.7 Å². The molecular weight excluding hydrogens is 645 g/mol. The largest absolute Gasteiger partial charge is 0.497 e. The van der Waals surface area contributed by atoms with Gasteiger partial charge >= 0.3 is 12.1 Å². The Labute approximate surface area is 284 Å². The zero-order chi connectivity index (χ0) is 36.4. The number of likely N-dealkylation sites (N-methyl/N-ethyl adjacent to an activating group) is 1. The summed E-state index contributed by atoms with van der Waals surface area (Å²) in [5.74, 6) is -2.90. The zero-order valence-corrected chi connectivity index (χ0v) is 28.2. The Morgan fingerprint density at radius 1 is 1.04 bits per heavy atom. The number of hydrogen-bond donors (Lipinski definition) is 4. The first-order chi connectivity index (χ1) is 23.0. The second-order valence-electron chi connectivity index (χ2n) is 12.6. The van der Waals surface area contributed by atoms with Crippen molar-refractivity contribution in [2.24, 2.45) is 5.73 Å². The van der Waals surface area contributed by atoms with E-state index >= 15 is 0 Å². The molecule has 0 radical (unpaired) electrons. The van der Waals surface area contributed by atoms with Gasteiger partial charge in [-0.25, -0.2) is 4.79 Å². The molecule has 0 aromatic heterocycles. The normalized spacial score (nSPS) is 16.3. The van der Waals surface area contributed by atoms with E-state index in [4.69, 9.17) is 25.1 Å². The fourth-order valence-electron chi connectivity index (χ4n) is 5.75. The number of carboxylic acid groups (broad SMARTS) is 1. The quantitative estimate of drug-likeness (QED) is 0.258. The molecule has 14 heteroatoms. The highest BCUT2D eigenvalue weighted by Gasteiger charge is 2.46. The van der Waals surface area contributed by atoms with Gasteiger partial charge in [0.2, 0.25) is 11.8 Å². The first-order valence-electron chi connectivity index (χ1n) is 16.0. The summed E-state index contributed by atoms with van der Waals surface area (Å²) in [7, 11) is 1.61. The minimum atomic E-state index is -5.08. The molecule has 1 spiro atoms. The Morgan fingerprint density at radius 3 is 2.14 bits per heavy atom. The molecule has 2 aromatic rings. The number of nitrogens with zero attached hydrogens (tertiary/aromatic N) is 1. The van der Waals surface area contributed by atoms with Crippen molar-refractivity contribution >= 4 is 29.3 Å². The smallest absolute Gasteiger partial charge is 0.490 e. The van der Waals surface area contributed by atoms with Gasteiger partial charge in [0.15, 0.2) is 0 Å². The molecule has 268 valence electrons. The van der Waals surface area contributed by atoms with Crippen LogP contribution in [0.25, 0.3) is 5.57 Å². The lowest BCUT2D eigenvalue weighted by Crippen LogP contribution is -2.58. The Kier molecular flexibility index (Phi) is 13.4. The molecule has 1 atom stereocenters. The maximum absolute atomic E-state index is 14.1. The molecule has 0 bridgehead atoms. The maximum atomic E-state index is 14.1. The average molecular weight is 691 g/mol. The number of aliphatic carboxylic acids is 1. The van der Waals surface area contributed by atoms with E-state index in [2.05, 4.69) is 10.6 Å². The number of nitrogens with two attached hydrogens (primary N) is 1. The van der Waals surface area contributed by atoms with Crippen molar-refractivity contribution in [1.29, 1.82) is 0 Å². The highest BCUT2D eigenvalue weighted by Crippen LogP contribution is 2.43. The van der Waals surface area contributed by atoms with Crippen LogP contribution in [-0.2, 0) is 30.5 Å². The molecule has 11 nitrogen and oxygen atoms in total. The van der Waals surface area contributed by atoms with Crippen molar-refractivity contribution < 1.29 is 46.9 Å². The number of carbonyl (C=O) groups is 4. The van der Waals surface area contributed by atoms with Gasteiger partial charge in [-0.1, -0.05) is 61.7 Å². The number of nitrogens with one attached hydrogen (secondary N) is 2. The predicted molar refractivity (Wildman–Crippen MR) is 176 cm³/mol. The number of rotatable bonds is 12. The van der Waals surface area contributed by atoms with E-state index in [-0.39, 0.29) is 25.0 Å². The Bertz CT molecular complexity index is 1480. The molecule has 4 rings (SSSR count). The standard InChI is InChI=1S/C33H44N4O5.C2HF3O2/c1-5-37(30(39)27(35-31(40)32(2,3)34)22-42-21-23-12-8-6-9-13-23)20-26-28(24-14-16-25(41-4)17-15-24)29(38)36-33(26)18-10-7-11-19-33;3-2(4,5)1(6)7/h6,8-9,12-17,27H,5,7,10-11,18-22,34H2,1-4H3,(H,35,40)(H,36,38);(H,6,7)/t27-;/m1./s1. The van der Waals surface area contributed by atoms with Crippen LogP contribution < -0.4 is 21.1 Å². The Hall–Kier alpha value is -4.43. The maximum Gasteiger partial charge on any atom is 0.490 e. The predicted octanol–water partition coefficient (Wildman–Crippen LogP) is 4.20. The first-order valence-corrected chi connectivity index (χ1v) is 16.0. The van der Waals surface area contributed by atoms with Gasteiger partial charge in [-0.15, -0.1) is 0 Å². The van der Waals surface area contributed by atoms with Crippen molar-refractivity contribution in [3.8, 4) is 5.75 Å². The van der Waals surface area contributed by atoms with E-state index in [9.17, 15) is 27.6 Å². The lowest BCUT2D eigenvalue weighted by Gasteiger charge is -2.38. The van der Waals surface area contributed by atoms with Crippen LogP contribution in [0.4, 0.5) is 13.2 Å². The van der Waals surface area contributed by atoms with Crippen LogP contribution in [0.1, 0.15) is 64.0 Å². The molecule has 2 aromatic carbocycles. The molecule has 3 amide bonds.